The van der Waals surface area contributed by atoms with Crippen molar-refractivity contribution in [3.8, 4) is 23.0 Å². The molecule has 4 aliphatic heterocycles. The molecule has 0 saturated carbocycles. The van der Waals surface area contributed by atoms with Crippen molar-refractivity contribution in [3.63, 3.8) is 0 Å². The van der Waals surface area contributed by atoms with Gasteiger partial charge in [-0.25, -0.2) is 0 Å². The number of fused-ring (bicyclic) bond motifs is 8. The molecule has 0 bridgehead atoms. The summed E-state index contributed by atoms with van der Waals surface area (Å²) in [5, 5.41) is 10.9. The lowest BCUT2D eigenvalue weighted by atomic mass is 9.35. The van der Waals surface area contributed by atoms with Crippen LogP contribution in [0.5, 0.6) is 23.0 Å². The minimum Gasteiger partial charge on any atom is -0.458 e. The average Bonchev–Trinajstić information content (AvgIpc) is 3.46. The van der Waals surface area contributed by atoms with E-state index in [1.54, 1.807) is 0 Å². The summed E-state index contributed by atoms with van der Waals surface area (Å²) in [6, 6.07) is 101. The van der Waals surface area contributed by atoms with E-state index in [1.165, 1.54) is 64.2 Å². The van der Waals surface area contributed by atoms with E-state index in [4.69, 9.17) is 9.47 Å². The molecule has 0 saturated heterocycles. The molecule has 342 valence electrons. The first-order valence-electron chi connectivity index (χ1n) is 25.2. The predicted octanol–water partition coefficient (Wildman–Crippen LogP) is 8.74. The van der Waals surface area contributed by atoms with Crippen LogP contribution in [0.4, 0.5) is 34.1 Å². The van der Waals surface area contributed by atoms with Gasteiger partial charge in [-0.1, -0.05) is 212 Å². The van der Waals surface area contributed by atoms with E-state index >= 15 is 0 Å². The first kappa shape index (κ1) is 41.9. The van der Waals surface area contributed by atoms with Crippen molar-refractivity contribution in [1.82, 2.24) is 0 Å². The fourth-order valence-corrected chi connectivity index (χ4v) is 23.3. The predicted molar refractivity (Wildman–Crippen MR) is 308 cm³/mol. The van der Waals surface area contributed by atoms with Crippen LogP contribution in [0.25, 0.3) is 0 Å². The number of para-hydroxylation sites is 4. The lowest BCUT2D eigenvalue weighted by Crippen LogP contribution is -2.77. The first-order chi connectivity index (χ1) is 36.2. The Bertz CT molecular complexity index is 3540. The van der Waals surface area contributed by atoms with Gasteiger partial charge in [-0.15, -0.1) is 0 Å². The molecule has 0 aliphatic carbocycles. The standard InChI is InChI=1S/C66H45BN2O2Si2/c1-5-22-48(23-6-1)72(49-24-7-2-8-25-49)62-36-17-13-30-54(62)68(55-31-14-18-37-63(55)72)46-40-42-52-60(44-46)70-58-34-21-35-59-66(58)67(52)53-43-41-47(45-61(53)71-59)69-56-32-15-19-38-64(56)73(50-26-9-3-10-27-50,51-28-11-4-12-29-51)65-39-20-16-33-57(65)69/h1-45H. The number of nitrogens with zero attached hydrogens (tertiary/aromatic N) is 2. The summed E-state index contributed by atoms with van der Waals surface area (Å²) in [5.41, 5.74) is 10.2. The van der Waals surface area contributed by atoms with Crippen molar-refractivity contribution in [2.75, 3.05) is 9.80 Å². The first-order valence-corrected chi connectivity index (χ1v) is 29.2. The summed E-state index contributed by atoms with van der Waals surface area (Å²) < 4.78 is 14.0. The Balaban J connectivity index is 0.871. The Labute approximate surface area is 427 Å². The molecule has 0 spiro atoms. The van der Waals surface area contributed by atoms with E-state index in [2.05, 4.69) is 283 Å². The second-order valence-corrected chi connectivity index (χ2v) is 26.9. The van der Waals surface area contributed by atoms with Crippen LogP contribution in [0.2, 0.25) is 0 Å². The number of benzene rings is 11. The summed E-state index contributed by atoms with van der Waals surface area (Å²) in [7, 11) is -5.53. The zero-order valence-corrected chi connectivity index (χ0v) is 41.8. The Hall–Kier alpha value is -8.88. The second-order valence-electron chi connectivity index (χ2n) is 19.5. The molecule has 4 aliphatic rings. The summed E-state index contributed by atoms with van der Waals surface area (Å²) in [5.74, 6) is 3.34. The molecule has 73 heavy (non-hydrogen) atoms. The molecule has 0 aromatic heterocycles. The topological polar surface area (TPSA) is 24.9 Å². The molecule has 4 heterocycles. The van der Waals surface area contributed by atoms with Crippen molar-refractivity contribution in [2.45, 2.75) is 0 Å². The lowest BCUT2D eigenvalue weighted by molar-refractivity contribution is 0.464. The molecule has 4 nitrogen and oxygen atoms in total. The van der Waals surface area contributed by atoms with Gasteiger partial charge in [-0.3, -0.25) is 0 Å². The van der Waals surface area contributed by atoms with Gasteiger partial charge < -0.3 is 19.3 Å². The molecule has 0 N–H and O–H groups in total. The van der Waals surface area contributed by atoms with Gasteiger partial charge in [0.1, 0.15) is 23.0 Å². The highest BCUT2D eigenvalue weighted by Crippen LogP contribution is 2.44. The van der Waals surface area contributed by atoms with Crippen LogP contribution in [-0.2, 0) is 0 Å². The van der Waals surface area contributed by atoms with Crippen molar-refractivity contribution in [2.24, 2.45) is 0 Å². The number of anilines is 6. The molecular formula is C66H45BN2O2Si2. The van der Waals surface area contributed by atoms with E-state index in [9.17, 15) is 0 Å². The van der Waals surface area contributed by atoms with E-state index in [0.29, 0.717) is 0 Å². The van der Waals surface area contributed by atoms with Crippen LogP contribution >= 0.6 is 0 Å². The van der Waals surface area contributed by atoms with Crippen molar-refractivity contribution in [3.05, 3.63) is 273 Å². The molecule has 0 unspecified atom stereocenters. The highest BCUT2D eigenvalue weighted by molar-refractivity contribution is 7.22. The number of ether oxygens (including phenoxy) is 2. The van der Waals surface area contributed by atoms with E-state index in [0.717, 1.165) is 50.8 Å². The van der Waals surface area contributed by atoms with Gasteiger partial charge in [0, 0.05) is 51.7 Å². The quantitative estimate of drug-likeness (QED) is 0.156. The molecule has 0 radical (unpaired) electrons. The zero-order valence-electron chi connectivity index (χ0n) is 39.8. The van der Waals surface area contributed by atoms with Gasteiger partial charge in [0.2, 0.25) is 0 Å². The Morgan fingerprint density at radius 2 is 0.575 bits per heavy atom. The molecule has 0 amide bonds. The highest BCUT2D eigenvalue weighted by Gasteiger charge is 2.51. The maximum absolute atomic E-state index is 7.01. The lowest BCUT2D eigenvalue weighted by Gasteiger charge is -2.45. The smallest absolute Gasteiger partial charge is 0.260 e. The van der Waals surface area contributed by atoms with Crippen LogP contribution in [0, 0.1) is 0 Å². The van der Waals surface area contributed by atoms with E-state index in [1.807, 2.05) is 0 Å². The summed E-state index contributed by atoms with van der Waals surface area (Å²) in [6.07, 6.45) is 0. The Morgan fingerprint density at radius 1 is 0.274 bits per heavy atom. The van der Waals surface area contributed by atoms with Crippen molar-refractivity contribution in [1.29, 1.82) is 0 Å². The minimum atomic E-state index is -2.77. The molecule has 0 atom stereocenters. The number of hydrogen-bond donors (Lipinski definition) is 0. The zero-order chi connectivity index (χ0) is 48.1. The average molecular weight is 965 g/mol. The van der Waals surface area contributed by atoms with Crippen LogP contribution in [-0.4, -0.2) is 22.9 Å². The van der Waals surface area contributed by atoms with Gasteiger partial charge in [-0.2, -0.15) is 0 Å². The Morgan fingerprint density at radius 3 is 0.904 bits per heavy atom. The van der Waals surface area contributed by atoms with Crippen LogP contribution in [0.1, 0.15) is 0 Å². The van der Waals surface area contributed by atoms with E-state index < -0.39 is 16.1 Å². The molecule has 11 aromatic rings. The van der Waals surface area contributed by atoms with Crippen LogP contribution in [0.3, 0.4) is 0 Å². The summed E-state index contributed by atoms with van der Waals surface area (Å²) in [4.78, 5) is 4.92. The second kappa shape index (κ2) is 16.3. The van der Waals surface area contributed by atoms with Gasteiger partial charge in [0.25, 0.3) is 6.71 Å². The largest absolute Gasteiger partial charge is 0.458 e. The number of rotatable bonds is 6. The SMILES string of the molecule is c1ccc([Si]2(c3ccccc3)c3ccccc3N(c3ccc4c(c3)Oc3cccc5c3B4c3ccc(N4c6ccccc6[Si](c6ccccc6)(c6ccccc6)c6ccccc64)cc3O5)c3ccccc32)cc1. The molecular weight excluding hydrogens is 920 g/mol. The molecule has 15 rings (SSSR count). The third-order valence-corrected chi connectivity index (χ3v) is 25.6. The highest BCUT2D eigenvalue weighted by atomic mass is 28.3. The van der Waals surface area contributed by atoms with E-state index in [-0.39, 0.29) is 6.71 Å². The maximum Gasteiger partial charge on any atom is 0.260 e. The van der Waals surface area contributed by atoms with Crippen LogP contribution in [0.15, 0.2) is 273 Å². The van der Waals surface area contributed by atoms with Gasteiger partial charge in [0.15, 0.2) is 16.1 Å². The van der Waals surface area contributed by atoms with Gasteiger partial charge in [-0.05, 0) is 101 Å². The fraction of sp³-hybridized carbons (Fsp3) is 0. The van der Waals surface area contributed by atoms with Crippen molar-refractivity contribution >= 4 is 115 Å². The fourth-order valence-electron chi connectivity index (χ4n) is 13.1. The summed E-state index contributed by atoms with van der Waals surface area (Å²) >= 11 is 0. The maximum atomic E-state index is 7.01. The van der Waals surface area contributed by atoms with Gasteiger partial charge in [0.05, 0.1) is 0 Å². The third kappa shape index (κ3) is 5.95. The Kier molecular flexibility index (Phi) is 9.36. The normalized spacial score (nSPS) is 14.7. The third-order valence-electron chi connectivity index (χ3n) is 15.9. The molecule has 7 heteroatoms. The van der Waals surface area contributed by atoms with Crippen molar-refractivity contribution < 1.29 is 9.47 Å². The number of hydrogen-bond acceptors (Lipinski definition) is 4. The molecule has 11 aromatic carbocycles. The van der Waals surface area contributed by atoms with Gasteiger partial charge >= 0.3 is 0 Å². The minimum absolute atomic E-state index is 0.101. The summed E-state index contributed by atoms with van der Waals surface area (Å²) in [6.45, 7) is -0.101. The monoisotopic (exact) mass is 964 g/mol. The van der Waals surface area contributed by atoms with Crippen LogP contribution < -0.4 is 77.2 Å². The molecule has 0 fully saturated rings.